The molecular formula is C8H12O3. The maximum Gasteiger partial charge on any atom is 0.309 e. The summed E-state index contributed by atoms with van der Waals surface area (Å²) in [5, 5.41) is 0. The fraction of sp³-hybridized carbons (Fsp3) is 0.875. The molecule has 3 heteroatoms. The van der Waals surface area contributed by atoms with Crippen molar-refractivity contribution in [1.82, 2.24) is 0 Å². The fourth-order valence-corrected chi connectivity index (χ4v) is 1.70. The Labute approximate surface area is 65.7 Å². The topological polar surface area (TPSA) is 38.8 Å². The molecule has 11 heavy (non-hydrogen) atoms. The van der Waals surface area contributed by atoms with Crippen LogP contribution >= 0.6 is 0 Å². The van der Waals surface area contributed by atoms with Crippen LogP contribution in [0.5, 0.6) is 0 Å². The van der Waals surface area contributed by atoms with E-state index in [1.807, 2.05) is 6.92 Å². The van der Waals surface area contributed by atoms with Crippen LogP contribution < -0.4 is 0 Å². The van der Waals surface area contributed by atoms with E-state index in [0.717, 1.165) is 12.8 Å². The molecule has 3 atom stereocenters. The zero-order valence-corrected chi connectivity index (χ0v) is 6.58. The van der Waals surface area contributed by atoms with Gasteiger partial charge in [-0.25, -0.2) is 0 Å². The molecule has 2 aliphatic rings. The van der Waals surface area contributed by atoms with Gasteiger partial charge in [0.1, 0.15) is 0 Å². The molecule has 1 heterocycles. The number of carbonyl (C=O) groups is 1. The van der Waals surface area contributed by atoms with Gasteiger partial charge in [-0.3, -0.25) is 4.79 Å². The predicted molar refractivity (Wildman–Crippen MR) is 38.0 cm³/mol. The molecule has 1 saturated heterocycles. The highest BCUT2D eigenvalue weighted by Crippen LogP contribution is 2.42. The van der Waals surface area contributed by atoms with Crippen molar-refractivity contribution in [2.75, 3.05) is 6.61 Å². The van der Waals surface area contributed by atoms with Gasteiger partial charge >= 0.3 is 5.97 Å². The van der Waals surface area contributed by atoms with Crippen molar-refractivity contribution < 1.29 is 14.3 Å². The minimum absolute atomic E-state index is 0.0386. The maximum absolute atomic E-state index is 11.1. The van der Waals surface area contributed by atoms with Gasteiger partial charge in [0.05, 0.1) is 24.7 Å². The van der Waals surface area contributed by atoms with Crippen LogP contribution in [0, 0.1) is 5.92 Å². The number of carbonyl (C=O) groups excluding carboxylic acids is 1. The zero-order valence-electron chi connectivity index (χ0n) is 6.58. The highest BCUT2D eigenvalue weighted by Gasteiger charge is 2.50. The van der Waals surface area contributed by atoms with Gasteiger partial charge in [0.15, 0.2) is 0 Å². The van der Waals surface area contributed by atoms with Crippen molar-refractivity contribution in [3.8, 4) is 0 Å². The Kier molecular flexibility index (Phi) is 1.60. The molecule has 0 amide bonds. The Balaban J connectivity index is 1.82. The highest BCUT2D eigenvalue weighted by atomic mass is 16.6. The summed E-state index contributed by atoms with van der Waals surface area (Å²) in [5.41, 5.74) is 0. The molecule has 1 saturated carbocycles. The second kappa shape index (κ2) is 2.48. The maximum atomic E-state index is 11.1. The van der Waals surface area contributed by atoms with Gasteiger partial charge in [-0.05, 0) is 19.8 Å². The largest absolute Gasteiger partial charge is 0.466 e. The number of epoxide rings is 1. The average Bonchev–Trinajstić information content (AvgIpc) is 2.59. The van der Waals surface area contributed by atoms with Crippen LogP contribution in [0.2, 0.25) is 0 Å². The molecule has 0 aromatic carbocycles. The number of ether oxygens (including phenoxy) is 2. The number of hydrogen-bond donors (Lipinski definition) is 0. The number of hydrogen-bond acceptors (Lipinski definition) is 3. The van der Waals surface area contributed by atoms with Crippen LogP contribution in [-0.2, 0) is 14.3 Å². The monoisotopic (exact) mass is 156 g/mol. The molecule has 1 aliphatic heterocycles. The van der Waals surface area contributed by atoms with Gasteiger partial charge < -0.3 is 9.47 Å². The molecule has 2 unspecified atom stereocenters. The molecule has 2 fully saturated rings. The highest BCUT2D eigenvalue weighted by molar-refractivity contribution is 5.73. The first-order valence-electron chi connectivity index (χ1n) is 4.13. The third kappa shape index (κ3) is 1.25. The van der Waals surface area contributed by atoms with Crippen molar-refractivity contribution in [3.05, 3.63) is 0 Å². The molecule has 0 N–H and O–H groups in total. The Hall–Kier alpha value is -0.570. The minimum atomic E-state index is -0.0386. The van der Waals surface area contributed by atoms with E-state index >= 15 is 0 Å². The molecular weight excluding hydrogens is 144 g/mol. The predicted octanol–water partition coefficient (Wildman–Crippen LogP) is 0.727. The molecule has 0 radical (unpaired) electrons. The van der Waals surface area contributed by atoms with Crippen LogP contribution in [0.3, 0.4) is 0 Å². The summed E-state index contributed by atoms with van der Waals surface area (Å²) in [6.07, 6.45) is 2.52. The lowest BCUT2D eigenvalue weighted by molar-refractivity contribution is -0.148. The molecule has 2 rings (SSSR count). The second-order valence-corrected chi connectivity index (χ2v) is 3.13. The first-order valence-corrected chi connectivity index (χ1v) is 4.13. The van der Waals surface area contributed by atoms with Gasteiger partial charge in [0, 0.05) is 0 Å². The van der Waals surface area contributed by atoms with Crippen molar-refractivity contribution in [2.24, 2.45) is 5.92 Å². The van der Waals surface area contributed by atoms with Crippen LogP contribution in [0.1, 0.15) is 19.8 Å². The summed E-state index contributed by atoms with van der Waals surface area (Å²) in [5.74, 6) is 0.0852. The summed E-state index contributed by atoms with van der Waals surface area (Å²) < 4.78 is 10.1. The molecule has 3 nitrogen and oxygen atoms in total. The molecule has 62 valence electrons. The third-order valence-corrected chi connectivity index (χ3v) is 2.34. The van der Waals surface area contributed by atoms with Crippen molar-refractivity contribution in [2.45, 2.75) is 32.0 Å². The Morgan fingerprint density at radius 1 is 1.55 bits per heavy atom. The van der Waals surface area contributed by atoms with E-state index in [1.54, 1.807) is 0 Å². The average molecular weight is 156 g/mol. The van der Waals surface area contributed by atoms with E-state index in [9.17, 15) is 4.79 Å². The fourth-order valence-electron chi connectivity index (χ4n) is 1.70. The second-order valence-electron chi connectivity index (χ2n) is 3.13. The molecule has 0 aromatic heterocycles. The zero-order chi connectivity index (χ0) is 7.84. The van der Waals surface area contributed by atoms with Gasteiger partial charge in [0.2, 0.25) is 0 Å². The lowest BCUT2D eigenvalue weighted by atomic mass is 10.1. The van der Waals surface area contributed by atoms with Gasteiger partial charge in [-0.15, -0.1) is 0 Å². The van der Waals surface area contributed by atoms with Crippen LogP contribution in [0.4, 0.5) is 0 Å². The van der Waals surface area contributed by atoms with E-state index in [2.05, 4.69) is 0 Å². The van der Waals surface area contributed by atoms with E-state index in [0.29, 0.717) is 18.8 Å². The summed E-state index contributed by atoms with van der Waals surface area (Å²) >= 11 is 0. The summed E-state index contributed by atoms with van der Waals surface area (Å²) in [4.78, 5) is 11.1. The van der Waals surface area contributed by atoms with Crippen LogP contribution in [0.25, 0.3) is 0 Å². The summed E-state index contributed by atoms with van der Waals surface area (Å²) in [6.45, 7) is 2.33. The van der Waals surface area contributed by atoms with E-state index in [1.165, 1.54) is 0 Å². The van der Waals surface area contributed by atoms with E-state index in [-0.39, 0.29) is 11.9 Å². The molecule has 0 spiro atoms. The molecule has 1 aliphatic carbocycles. The van der Waals surface area contributed by atoms with Gasteiger partial charge in [-0.1, -0.05) is 0 Å². The number of esters is 1. The normalized spacial score (nSPS) is 39.9. The summed E-state index contributed by atoms with van der Waals surface area (Å²) in [6, 6.07) is 0. The molecule has 0 bridgehead atoms. The van der Waals surface area contributed by atoms with E-state index < -0.39 is 0 Å². The lowest BCUT2D eigenvalue weighted by Crippen LogP contribution is -2.16. The smallest absolute Gasteiger partial charge is 0.309 e. The number of fused-ring (bicyclic) bond motifs is 1. The van der Waals surface area contributed by atoms with Crippen molar-refractivity contribution in [3.63, 3.8) is 0 Å². The Bertz CT molecular complexity index is 168. The third-order valence-electron chi connectivity index (χ3n) is 2.34. The molecule has 0 aromatic rings. The first kappa shape index (κ1) is 7.10. The van der Waals surface area contributed by atoms with Crippen molar-refractivity contribution >= 4 is 5.97 Å². The summed E-state index contributed by atoms with van der Waals surface area (Å²) in [7, 11) is 0. The minimum Gasteiger partial charge on any atom is -0.466 e. The van der Waals surface area contributed by atoms with Crippen LogP contribution in [0.15, 0.2) is 0 Å². The van der Waals surface area contributed by atoms with Crippen LogP contribution in [-0.4, -0.2) is 24.8 Å². The lowest BCUT2D eigenvalue weighted by Gasteiger charge is -2.08. The quantitative estimate of drug-likeness (QED) is 0.437. The number of rotatable bonds is 2. The standard InChI is InChI=1S/C8H12O3/c1-2-10-8(9)5-3-6-7(4-5)11-6/h5-7H,2-4H2,1H3/t5?,6-,7?/m0/s1. The van der Waals surface area contributed by atoms with Gasteiger partial charge in [-0.2, -0.15) is 0 Å². The first-order chi connectivity index (χ1) is 5.31. The van der Waals surface area contributed by atoms with E-state index in [4.69, 9.17) is 9.47 Å². The Morgan fingerprint density at radius 2 is 2.18 bits per heavy atom. The SMILES string of the molecule is CCOC(=O)C1CC2O[C@H]2C1. The van der Waals surface area contributed by atoms with Crippen molar-refractivity contribution in [1.29, 1.82) is 0 Å². The van der Waals surface area contributed by atoms with Gasteiger partial charge in [0.25, 0.3) is 0 Å². The Morgan fingerprint density at radius 3 is 2.73 bits per heavy atom.